The number of anilines is 1. The van der Waals surface area contributed by atoms with E-state index < -0.39 is 0 Å². The number of aryl methyl sites for hydroxylation is 1. The molecule has 2 aromatic heterocycles. The lowest BCUT2D eigenvalue weighted by atomic mass is 10.4. The van der Waals surface area contributed by atoms with Crippen LogP contribution in [0, 0.1) is 6.92 Å². The van der Waals surface area contributed by atoms with Gasteiger partial charge in [0.15, 0.2) is 5.82 Å². The number of nitrogens with zero attached hydrogens (tertiary/aromatic N) is 3. The fourth-order valence-electron chi connectivity index (χ4n) is 1.25. The summed E-state index contributed by atoms with van der Waals surface area (Å²) < 4.78 is 1.65. The molecule has 0 fully saturated rings. The molecule has 4 nitrogen and oxygen atoms in total. The number of aromatic nitrogens is 3. The number of nitrogens with two attached hydrogens (primary N) is 1. The van der Waals surface area contributed by atoms with Crippen molar-refractivity contribution in [3.05, 3.63) is 35.1 Å². The Morgan fingerprint density at radius 1 is 1.43 bits per heavy atom. The molecular formula is C9H9ClN4. The molecule has 0 saturated carbocycles. The maximum absolute atomic E-state index is 5.77. The van der Waals surface area contributed by atoms with Crippen LogP contribution in [0.15, 0.2) is 24.3 Å². The zero-order chi connectivity index (χ0) is 10.1. The van der Waals surface area contributed by atoms with Crippen LogP contribution in [0.25, 0.3) is 5.82 Å². The summed E-state index contributed by atoms with van der Waals surface area (Å²) in [5, 5.41) is 4.54. The van der Waals surface area contributed by atoms with Crippen molar-refractivity contribution in [2.24, 2.45) is 0 Å². The van der Waals surface area contributed by atoms with Gasteiger partial charge in [-0.25, -0.2) is 9.67 Å². The average Bonchev–Trinajstić information content (AvgIpc) is 2.45. The van der Waals surface area contributed by atoms with Crippen molar-refractivity contribution in [3.8, 4) is 5.82 Å². The Labute approximate surface area is 86.3 Å². The lowest BCUT2D eigenvalue weighted by Gasteiger charge is -2.02. The lowest BCUT2D eigenvalue weighted by Crippen LogP contribution is -2.01. The van der Waals surface area contributed by atoms with Gasteiger partial charge in [0.2, 0.25) is 0 Å². The zero-order valence-corrected chi connectivity index (χ0v) is 8.36. The van der Waals surface area contributed by atoms with Crippen molar-refractivity contribution < 1.29 is 0 Å². The normalized spacial score (nSPS) is 10.4. The van der Waals surface area contributed by atoms with Gasteiger partial charge in [-0.05, 0) is 19.1 Å². The Morgan fingerprint density at radius 3 is 2.79 bits per heavy atom. The second-order valence-corrected chi connectivity index (χ2v) is 3.33. The third-order valence-corrected chi connectivity index (χ3v) is 2.03. The van der Waals surface area contributed by atoms with E-state index in [1.54, 1.807) is 16.8 Å². The first kappa shape index (κ1) is 9.02. The van der Waals surface area contributed by atoms with E-state index in [0.717, 1.165) is 5.69 Å². The van der Waals surface area contributed by atoms with E-state index in [1.165, 1.54) is 0 Å². The van der Waals surface area contributed by atoms with Crippen molar-refractivity contribution >= 4 is 17.4 Å². The molecule has 2 aromatic rings. The number of pyridine rings is 1. The van der Waals surface area contributed by atoms with Gasteiger partial charge >= 0.3 is 0 Å². The highest BCUT2D eigenvalue weighted by molar-refractivity contribution is 6.29. The molecule has 0 saturated heterocycles. The molecule has 0 aliphatic rings. The highest BCUT2D eigenvalue weighted by atomic mass is 35.5. The monoisotopic (exact) mass is 208 g/mol. The smallest absolute Gasteiger partial charge is 0.155 e. The van der Waals surface area contributed by atoms with E-state index in [1.807, 2.05) is 19.1 Å². The van der Waals surface area contributed by atoms with Gasteiger partial charge in [-0.15, -0.1) is 5.10 Å². The number of halogens is 1. The summed E-state index contributed by atoms with van der Waals surface area (Å²) in [6.45, 7) is 1.91. The summed E-state index contributed by atoms with van der Waals surface area (Å²) in [5.41, 5.74) is 6.49. The van der Waals surface area contributed by atoms with Crippen LogP contribution >= 0.6 is 11.6 Å². The van der Waals surface area contributed by atoms with Crippen LogP contribution in [0.1, 0.15) is 5.69 Å². The fraction of sp³-hybridized carbons (Fsp3) is 0.111. The number of nitrogen functional groups attached to an aromatic ring is 1. The van der Waals surface area contributed by atoms with Gasteiger partial charge in [-0.3, -0.25) is 0 Å². The van der Waals surface area contributed by atoms with E-state index in [4.69, 9.17) is 17.3 Å². The van der Waals surface area contributed by atoms with Gasteiger partial charge in [-0.2, -0.15) is 0 Å². The maximum Gasteiger partial charge on any atom is 0.155 e. The molecule has 5 heteroatoms. The number of rotatable bonds is 1. The molecule has 14 heavy (non-hydrogen) atoms. The standard InChI is InChI=1S/C9H9ClN4/c1-6-5-8(11)13-14(6)9-4-2-3-7(10)12-9/h2-5H,1H3,(H2,11,13). The first-order valence-corrected chi connectivity index (χ1v) is 4.50. The minimum absolute atomic E-state index is 0.441. The highest BCUT2D eigenvalue weighted by Gasteiger charge is 2.04. The molecule has 0 atom stereocenters. The molecule has 72 valence electrons. The lowest BCUT2D eigenvalue weighted by molar-refractivity contribution is 0.821. The summed E-state index contributed by atoms with van der Waals surface area (Å²) in [6.07, 6.45) is 0. The Hall–Kier alpha value is -1.55. The van der Waals surface area contributed by atoms with E-state index in [9.17, 15) is 0 Å². The van der Waals surface area contributed by atoms with Crippen LogP contribution in [-0.4, -0.2) is 14.8 Å². The van der Waals surface area contributed by atoms with Crippen LogP contribution in [0.5, 0.6) is 0 Å². The van der Waals surface area contributed by atoms with Crippen LogP contribution in [0.3, 0.4) is 0 Å². The van der Waals surface area contributed by atoms with E-state index in [0.29, 0.717) is 16.8 Å². The third kappa shape index (κ3) is 1.56. The third-order valence-electron chi connectivity index (χ3n) is 1.82. The quantitative estimate of drug-likeness (QED) is 0.728. The zero-order valence-electron chi connectivity index (χ0n) is 7.61. The molecular weight excluding hydrogens is 200 g/mol. The van der Waals surface area contributed by atoms with Gasteiger partial charge in [-0.1, -0.05) is 17.7 Å². The van der Waals surface area contributed by atoms with Gasteiger partial charge in [0, 0.05) is 11.8 Å². The molecule has 0 aromatic carbocycles. The minimum atomic E-state index is 0.441. The largest absolute Gasteiger partial charge is 0.382 e. The SMILES string of the molecule is Cc1cc(N)nn1-c1cccc(Cl)n1. The molecule has 0 spiro atoms. The predicted octanol–water partition coefficient (Wildman–Crippen LogP) is 1.81. The minimum Gasteiger partial charge on any atom is -0.382 e. The summed E-state index contributed by atoms with van der Waals surface area (Å²) in [4.78, 5) is 4.13. The Morgan fingerprint density at radius 2 is 2.21 bits per heavy atom. The second kappa shape index (κ2) is 3.31. The van der Waals surface area contributed by atoms with Crippen molar-refractivity contribution in [2.45, 2.75) is 6.92 Å². The van der Waals surface area contributed by atoms with Crippen molar-refractivity contribution in [3.63, 3.8) is 0 Å². The highest BCUT2D eigenvalue weighted by Crippen LogP contribution is 2.13. The topological polar surface area (TPSA) is 56.7 Å². The maximum atomic E-state index is 5.77. The van der Waals surface area contributed by atoms with Gasteiger partial charge in [0.1, 0.15) is 11.0 Å². The van der Waals surface area contributed by atoms with Crippen LogP contribution in [0.4, 0.5) is 5.82 Å². The van der Waals surface area contributed by atoms with Crippen molar-refractivity contribution in [2.75, 3.05) is 5.73 Å². The second-order valence-electron chi connectivity index (χ2n) is 2.94. The van der Waals surface area contributed by atoms with E-state index in [-0.39, 0.29) is 0 Å². The summed E-state index contributed by atoms with van der Waals surface area (Å²) in [6, 6.07) is 7.14. The van der Waals surface area contributed by atoms with E-state index >= 15 is 0 Å². The van der Waals surface area contributed by atoms with Gasteiger partial charge < -0.3 is 5.73 Å². The first-order chi connectivity index (χ1) is 6.66. The molecule has 0 radical (unpaired) electrons. The molecule has 0 amide bonds. The van der Waals surface area contributed by atoms with Crippen molar-refractivity contribution in [1.82, 2.24) is 14.8 Å². The van der Waals surface area contributed by atoms with Gasteiger partial charge in [0.05, 0.1) is 0 Å². The molecule has 0 aliphatic heterocycles. The summed E-state index contributed by atoms with van der Waals surface area (Å²) in [7, 11) is 0. The first-order valence-electron chi connectivity index (χ1n) is 4.12. The Balaban J connectivity index is 2.54. The van der Waals surface area contributed by atoms with Crippen LogP contribution in [-0.2, 0) is 0 Å². The summed E-state index contributed by atoms with van der Waals surface area (Å²) in [5.74, 6) is 1.15. The molecule has 0 aliphatic carbocycles. The van der Waals surface area contributed by atoms with Crippen molar-refractivity contribution in [1.29, 1.82) is 0 Å². The Bertz CT molecular complexity index is 464. The van der Waals surface area contributed by atoms with Crippen LogP contribution in [0.2, 0.25) is 5.15 Å². The average molecular weight is 209 g/mol. The number of hydrogen-bond acceptors (Lipinski definition) is 3. The van der Waals surface area contributed by atoms with Crippen LogP contribution < -0.4 is 5.73 Å². The molecule has 0 unspecified atom stereocenters. The molecule has 2 rings (SSSR count). The summed E-state index contributed by atoms with van der Waals surface area (Å²) >= 11 is 5.77. The van der Waals surface area contributed by atoms with Gasteiger partial charge in [0.25, 0.3) is 0 Å². The predicted molar refractivity (Wildman–Crippen MR) is 55.5 cm³/mol. The number of hydrogen-bond donors (Lipinski definition) is 1. The fourth-order valence-corrected chi connectivity index (χ4v) is 1.41. The van der Waals surface area contributed by atoms with E-state index in [2.05, 4.69) is 10.1 Å². The molecule has 2 heterocycles. The molecule has 2 N–H and O–H groups in total. The molecule has 0 bridgehead atoms. The Kier molecular flexibility index (Phi) is 2.13.